The molecule has 1 aliphatic rings. The summed E-state index contributed by atoms with van der Waals surface area (Å²) in [7, 11) is -0.166. The van der Waals surface area contributed by atoms with E-state index in [0.29, 0.717) is 24.1 Å². The molecule has 0 unspecified atom stereocenters. The fraction of sp³-hybridized carbons (Fsp3) is 0.381. The Kier molecular flexibility index (Phi) is 6.24. The standard InChI is InChI=1S/C21H26FN3O3S/c1-24(2)21(26)25-13-12-18(23-29(3,27)28)19(25)14-16-10-7-11-17(20(16)22)15-8-5-4-6-9-15/h4-11,18-19,23H,12-14H2,1-3H3/t18-,19-/m0/s1. The predicted octanol–water partition coefficient (Wildman–Crippen LogP) is 2.71. The second-order valence-corrected chi connectivity index (χ2v) is 9.35. The van der Waals surface area contributed by atoms with Crippen molar-refractivity contribution >= 4 is 16.1 Å². The lowest BCUT2D eigenvalue weighted by molar-refractivity contribution is 0.162. The topological polar surface area (TPSA) is 69.7 Å². The lowest BCUT2D eigenvalue weighted by Gasteiger charge is -2.31. The van der Waals surface area contributed by atoms with Gasteiger partial charge < -0.3 is 9.80 Å². The number of likely N-dealkylation sites (tertiary alicyclic amines) is 1. The number of urea groups is 1. The molecule has 0 radical (unpaired) electrons. The van der Waals surface area contributed by atoms with E-state index >= 15 is 4.39 Å². The third kappa shape index (κ3) is 4.94. The Balaban J connectivity index is 1.94. The van der Waals surface area contributed by atoms with Crippen LogP contribution in [0.2, 0.25) is 0 Å². The monoisotopic (exact) mass is 419 g/mol. The molecular formula is C21H26FN3O3S. The molecule has 0 saturated carbocycles. The molecule has 29 heavy (non-hydrogen) atoms. The Morgan fingerprint density at radius 2 is 1.86 bits per heavy atom. The van der Waals surface area contributed by atoms with Gasteiger partial charge in [-0.25, -0.2) is 22.3 Å². The zero-order valence-electron chi connectivity index (χ0n) is 16.8. The number of nitrogens with zero attached hydrogens (tertiary/aromatic N) is 2. The van der Waals surface area contributed by atoms with Crippen molar-refractivity contribution in [3.05, 3.63) is 59.9 Å². The molecule has 1 N–H and O–H groups in total. The fourth-order valence-electron chi connectivity index (χ4n) is 3.82. The van der Waals surface area contributed by atoms with Crippen LogP contribution in [-0.4, -0.2) is 63.2 Å². The minimum absolute atomic E-state index is 0.215. The van der Waals surface area contributed by atoms with E-state index in [9.17, 15) is 13.2 Å². The summed E-state index contributed by atoms with van der Waals surface area (Å²) >= 11 is 0. The van der Waals surface area contributed by atoms with Gasteiger partial charge in [0.2, 0.25) is 10.0 Å². The SMILES string of the molecule is CN(C)C(=O)N1CC[C@H](NS(C)(=O)=O)[C@@H]1Cc1cccc(-c2ccccc2)c1F. The zero-order chi connectivity index (χ0) is 21.2. The first kappa shape index (κ1) is 21.3. The van der Waals surface area contributed by atoms with Crippen LogP contribution in [0.15, 0.2) is 48.5 Å². The van der Waals surface area contributed by atoms with Gasteiger partial charge in [0.15, 0.2) is 0 Å². The van der Waals surface area contributed by atoms with Crippen LogP contribution >= 0.6 is 0 Å². The molecule has 6 nitrogen and oxygen atoms in total. The Morgan fingerprint density at radius 1 is 1.17 bits per heavy atom. The van der Waals surface area contributed by atoms with Crippen LogP contribution in [0.25, 0.3) is 11.1 Å². The van der Waals surface area contributed by atoms with E-state index in [4.69, 9.17) is 0 Å². The highest BCUT2D eigenvalue weighted by molar-refractivity contribution is 7.88. The van der Waals surface area contributed by atoms with Crippen molar-refractivity contribution in [1.82, 2.24) is 14.5 Å². The summed E-state index contributed by atoms with van der Waals surface area (Å²) < 4.78 is 41.5. The Hall–Kier alpha value is -2.45. The van der Waals surface area contributed by atoms with Crippen LogP contribution in [0.4, 0.5) is 9.18 Å². The van der Waals surface area contributed by atoms with Gasteiger partial charge in [-0.05, 0) is 24.0 Å². The molecule has 0 bridgehead atoms. The van der Waals surface area contributed by atoms with Gasteiger partial charge in [0.1, 0.15) is 5.82 Å². The number of rotatable bonds is 5. The predicted molar refractivity (Wildman–Crippen MR) is 112 cm³/mol. The number of carbonyl (C=O) groups excluding carboxylic acids is 1. The number of sulfonamides is 1. The van der Waals surface area contributed by atoms with Gasteiger partial charge in [0.25, 0.3) is 0 Å². The molecule has 2 atom stereocenters. The highest BCUT2D eigenvalue weighted by Gasteiger charge is 2.39. The van der Waals surface area contributed by atoms with Crippen molar-refractivity contribution in [2.75, 3.05) is 26.9 Å². The van der Waals surface area contributed by atoms with Crippen LogP contribution < -0.4 is 4.72 Å². The molecule has 2 aromatic carbocycles. The van der Waals surface area contributed by atoms with Gasteiger partial charge in [0, 0.05) is 32.2 Å². The third-order valence-corrected chi connectivity index (χ3v) is 5.86. The van der Waals surface area contributed by atoms with Gasteiger partial charge >= 0.3 is 6.03 Å². The molecule has 0 aromatic heterocycles. The molecular weight excluding hydrogens is 393 g/mol. The fourth-order valence-corrected chi connectivity index (χ4v) is 4.64. The van der Waals surface area contributed by atoms with Gasteiger partial charge in [-0.15, -0.1) is 0 Å². The summed E-state index contributed by atoms with van der Waals surface area (Å²) in [6, 6.07) is 13.3. The highest BCUT2D eigenvalue weighted by Crippen LogP contribution is 2.29. The molecule has 1 fully saturated rings. The number of hydrogen-bond donors (Lipinski definition) is 1. The van der Waals surface area contributed by atoms with E-state index in [1.807, 2.05) is 30.3 Å². The van der Waals surface area contributed by atoms with Crippen molar-refractivity contribution in [3.63, 3.8) is 0 Å². The van der Waals surface area contributed by atoms with Crippen LogP contribution in [0.3, 0.4) is 0 Å². The van der Waals surface area contributed by atoms with Crippen molar-refractivity contribution in [2.45, 2.75) is 24.9 Å². The van der Waals surface area contributed by atoms with Gasteiger partial charge in [-0.1, -0.05) is 48.5 Å². The summed E-state index contributed by atoms with van der Waals surface area (Å²) in [6.07, 6.45) is 1.80. The van der Waals surface area contributed by atoms with Crippen molar-refractivity contribution in [3.8, 4) is 11.1 Å². The maximum atomic E-state index is 15.3. The van der Waals surface area contributed by atoms with Gasteiger partial charge in [-0.3, -0.25) is 0 Å². The molecule has 1 heterocycles. The quantitative estimate of drug-likeness (QED) is 0.810. The smallest absolute Gasteiger partial charge is 0.319 e. The van der Waals surface area contributed by atoms with Crippen LogP contribution in [0.5, 0.6) is 0 Å². The minimum atomic E-state index is -3.46. The number of hydrogen-bond acceptors (Lipinski definition) is 3. The molecule has 0 aliphatic carbocycles. The summed E-state index contributed by atoms with van der Waals surface area (Å²) in [5.41, 5.74) is 1.71. The lowest BCUT2D eigenvalue weighted by Crippen LogP contribution is -2.50. The Bertz CT molecular complexity index is 980. The molecule has 8 heteroatoms. The molecule has 156 valence electrons. The normalized spacial score (nSPS) is 19.4. The van der Waals surface area contributed by atoms with E-state index in [0.717, 1.165) is 11.8 Å². The van der Waals surface area contributed by atoms with Crippen molar-refractivity contribution in [2.24, 2.45) is 0 Å². The second-order valence-electron chi connectivity index (χ2n) is 7.57. The van der Waals surface area contributed by atoms with Crippen LogP contribution in [0.1, 0.15) is 12.0 Å². The van der Waals surface area contributed by atoms with Crippen molar-refractivity contribution in [1.29, 1.82) is 0 Å². The first-order valence-electron chi connectivity index (χ1n) is 9.45. The third-order valence-electron chi connectivity index (χ3n) is 5.13. The number of carbonyl (C=O) groups is 1. The summed E-state index contributed by atoms with van der Waals surface area (Å²) in [5, 5.41) is 0. The lowest BCUT2D eigenvalue weighted by atomic mass is 9.96. The van der Waals surface area contributed by atoms with E-state index in [1.54, 1.807) is 37.2 Å². The average Bonchev–Trinajstić information content (AvgIpc) is 3.04. The van der Waals surface area contributed by atoms with Crippen LogP contribution in [0, 0.1) is 5.82 Å². The highest BCUT2D eigenvalue weighted by atomic mass is 32.2. The molecule has 2 amide bonds. The molecule has 1 aliphatic heterocycles. The Labute approximate surface area is 171 Å². The van der Waals surface area contributed by atoms with E-state index in [-0.39, 0.29) is 18.3 Å². The minimum Gasteiger partial charge on any atom is -0.331 e. The summed E-state index contributed by atoms with van der Waals surface area (Å²) in [6.45, 7) is 0.412. The zero-order valence-corrected chi connectivity index (χ0v) is 17.6. The van der Waals surface area contributed by atoms with Crippen LogP contribution in [-0.2, 0) is 16.4 Å². The van der Waals surface area contributed by atoms with E-state index < -0.39 is 22.1 Å². The van der Waals surface area contributed by atoms with Gasteiger partial charge in [0.05, 0.1) is 12.3 Å². The molecule has 1 saturated heterocycles. The maximum Gasteiger partial charge on any atom is 0.319 e. The van der Waals surface area contributed by atoms with Gasteiger partial charge in [-0.2, -0.15) is 0 Å². The summed E-state index contributed by atoms with van der Waals surface area (Å²) in [4.78, 5) is 15.7. The molecule has 0 spiro atoms. The average molecular weight is 420 g/mol. The largest absolute Gasteiger partial charge is 0.331 e. The number of amides is 2. The Morgan fingerprint density at radius 3 is 2.48 bits per heavy atom. The molecule has 2 aromatic rings. The maximum absolute atomic E-state index is 15.3. The second kappa shape index (κ2) is 8.51. The molecule has 3 rings (SSSR count). The first-order valence-corrected chi connectivity index (χ1v) is 11.3. The van der Waals surface area contributed by atoms with E-state index in [1.165, 1.54) is 4.90 Å². The summed E-state index contributed by atoms with van der Waals surface area (Å²) in [5.74, 6) is -0.346. The first-order chi connectivity index (χ1) is 13.7. The van der Waals surface area contributed by atoms with E-state index in [2.05, 4.69) is 4.72 Å². The van der Waals surface area contributed by atoms with Crippen molar-refractivity contribution < 1.29 is 17.6 Å². The number of benzene rings is 2. The number of nitrogens with one attached hydrogen (secondary N) is 1. The number of halogens is 1.